The summed E-state index contributed by atoms with van der Waals surface area (Å²) < 4.78 is 52.8. The van der Waals surface area contributed by atoms with Crippen LogP contribution in [0.1, 0.15) is 57.2 Å². The maximum atomic E-state index is 14.3. The molecular weight excluding hydrogens is 282 g/mol. The first-order chi connectivity index (χ1) is 9.82. The summed E-state index contributed by atoms with van der Waals surface area (Å²) in [6, 6.07) is 3.12. The van der Waals surface area contributed by atoms with Crippen molar-refractivity contribution < 1.29 is 17.6 Å². The summed E-state index contributed by atoms with van der Waals surface area (Å²) >= 11 is 0. The first kappa shape index (κ1) is 18.0. The number of benzene rings is 1. The van der Waals surface area contributed by atoms with E-state index in [9.17, 15) is 17.6 Å². The number of hydrogen-bond acceptors (Lipinski definition) is 1. The zero-order chi connectivity index (χ0) is 16.0. The van der Waals surface area contributed by atoms with E-state index in [1.54, 1.807) is 0 Å². The van der Waals surface area contributed by atoms with Crippen molar-refractivity contribution in [3.63, 3.8) is 0 Å². The smallest absolute Gasteiger partial charge is 0.310 e. The maximum absolute atomic E-state index is 14.3. The van der Waals surface area contributed by atoms with Gasteiger partial charge in [-0.1, -0.05) is 39.3 Å². The van der Waals surface area contributed by atoms with Gasteiger partial charge in [0.25, 0.3) is 0 Å². The lowest BCUT2D eigenvalue weighted by atomic mass is 9.89. The molecule has 120 valence electrons. The van der Waals surface area contributed by atoms with E-state index in [-0.39, 0.29) is 11.5 Å². The fourth-order valence-electron chi connectivity index (χ4n) is 2.55. The molecule has 2 unspecified atom stereocenters. The first-order valence-electron chi connectivity index (χ1n) is 7.41. The molecule has 2 atom stereocenters. The summed E-state index contributed by atoms with van der Waals surface area (Å²) in [5, 5.41) is 3.18. The summed E-state index contributed by atoms with van der Waals surface area (Å²) in [5.41, 5.74) is -1.08. The van der Waals surface area contributed by atoms with Crippen LogP contribution in [0.25, 0.3) is 0 Å². The zero-order valence-corrected chi connectivity index (χ0v) is 12.7. The zero-order valence-electron chi connectivity index (χ0n) is 12.7. The lowest BCUT2D eigenvalue weighted by molar-refractivity contribution is -0.140. The van der Waals surface area contributed by atoms with Crippen molar-refractivity contribution in [1.29, 1.82) is 0 Å². The maximum Gasteiger partial charge on any atom is 0.419 e. The summed E-state index contributed by atoms with van der Waals surface area (Å²) in [4.78, 5) is 0. The van der Waals surface area contributed by atoms with Crippen LogP contribution >= 0.6 is 0 Å². The van der Waals surface area contributed by atoms with Crippen LogP contribution in [0, 0.1) is 11.7 Å². The Morgan fingerprint density at radius 3 is 2.33 bits per heavy atom. The van der Waals surface area contributed by atoms with Gasteiger partial charge in [-0.2, -0.15) is 13.2 Å². The third kappa shape index (κ3) is 4.70. The SMILES string of the molecule is CCCNC(c1cccc(C(F)(F)F)c1F)C(C)CCC. The molecule has 0 saturated heterocycles. The minimum atomic E-state index is -4.66. The van der Waals surface area contributed by atoms with Crippen molar-refractivity contribution in [3.8, 4) is 0 Å². The van der Waals surface area contributed by atoms with Crippen molar-refractivity contribution in [2.45, 2.75) is 52.3 Å². The number of halogens is 4. The Kier molecular flexibility index (Phi) is 6.65. The average molecular weight is 305 g/mol. The molecule has 1 aromatic carbocycles. The van der Waals surface area contributed by atoms with Crippen LogP contribution in [0.2, 0.25) is 0 Å². The van der Waals surface area contributed by atoms with Crippen molar-refractivity contribution in [2.75, 3.05) is 6.54 Å². The summed E-state index contributed by atoms with van der Waals surface area (Å²) in [7, 11) is 0. The molecule has 0 heterocycles. The molecule has 21 heavy (non-hydrogen) atoms. The average Bonchev–Trinajstić information content (AvgIpc) is 2.39. The third-order valence-corrected chi connectivity index (χ3v) is 3.60. The molecule has 1 aromatic rings. The second kappa shape index (κ2) is 7.78. The van der Waals surface area contributed by atoms with Crippen molar-refractivity contribution in [1.82, 2.24) is 5.32 Å². The molecule has 1 nitrogen and oxygen atoms in total. The molecule has 0 radical (unpaired) electrons. The van der Waals surface area contributed by atoms with E-state index < -0.39 is 23.6 Å². The van der Waals surface area contributed by atoms with Crippen LogP contribution in [-0.2, 0) is 6.18 Å². The lowest BCUT2D eigenvalue weighted by Gasteiger charge is -2.27. The van der Waals surface area contributed by atoms with Crippen molar-refractivity contribution in [2.24, 2.45) is 5.92 Å². The van der Waals surface area contributed by atoms with Gasteiger partial charge < -0.3 is 5.32 Å². The van der Waals surface area contributed by atoms with Crippen LogP contribution < -0.4 is 5.32 Å². The minimum absolute atomic E-state index is 0.0690. The van der Waals surface area contributed by atoms with E-state index in [1.807, 2.05) is 20.8 Å². The topological polar surface area (TPSA) is 12.0 Å². The van der Waals surface area contributed by atoms with E-state index in [4.69, 9.17) is 0 Å². The van der Waals surface area contributed by atoms with Gasteiger partial charge in [0.05, 0.1) is 5.56 Å². The van der Waals surface area contributed by atoms with Crippen LogP contribution in [0.4, 0.5) is 17.6 Å². The van der Waals surface area contributed by atoms with Gasteiger partial charge in [0.1, 0.15) is 5.82 Å². The van der Waals surface area contributed by atoms with Crippen LogP contribution in [0.3, 0.4) is 0 Å². The molecule has 0 aliphatic rings. The highest BCUT2D eigenvalue weighted by Gasteiger charge is 2.36. The predicted molar refractivity (Wildman–Crippen MR) is 76.5 cm³/mol. The van der Waals surface area contributed by atoms with Crippen molar-refractivity contribution in [3.05, 3.63) is 35.1 Å². The quantitative estimate of drug-likeness (QED) is 0.672. The molecule has 0 bridgehead atoms. The molecule has 1 rings (SSSR count). The van der Waals surface area contributed by atoms with Crippen LogP contribution in [-0.4, -0.2) is 6.54 Å². The Morgan fingerprint density at radius 1 is 1.14 bits per heavy atom. The highest BCUT2D eigenvalue weighted by molar-refractivity contribution is 5.30. The highest BCUT2D eigenvalue weighted by atomic mass is 19.4. The first-order valence-corrected chi connectivity index (χ1v) is 7.41. The summed E-state index contributed by atoms with van der Waals surface area (Å²) in [5.74, 6) is -1.08. The largest absolute Gasteiger partial charge is 0.419 e. The molecule has 5 heteroatoms. The third-order valence-electron chi connectivity index (χ3n) is 3.60. The minimum Gasteiger partial charge on any atom is -0.310 e. The Labute approximate surface area is 123 Å². The molecule has 1 N–H and O–H groups in total. The van der Waals surface area contributed by atoms with E-state index >= 15 is 0 Å². The standard InChI is InChI=1S/C16H23F4N/c1-4-7-11(3)15(21-10-5-2)12-8-6-9-13(14(12)17)16(18,19)20/h6,8-9,11,15,21H,4-5,7,10H2,1-3H3. The van der Waals surface area contributed by atoms with E-state index in [0.29, 0.717) is 6.54 Å². The van der Waals surface area contributed by atoms with Crippen LogP contribution in [0.5, 0.6) is 0 Å². The van der Waals surface area contributed by atoms with E-state index in [0.717, 1.165) is 25.3 Å². The van der Waals surface area contributed by atoms with Gasteiger partial charge in [0, 0.05) is 11.6 Å². The van der Waals surface area contributed by atoms with E-state index in [2.05, 4.69) is 5.32 Å². The van der Waals surface area contributed by atoms with Crippen LogP contribution in [0.15, 0.2) is 18.2 Å². The molecule has 0 fully saturated rings. The Balaban J connectivity index is 3.18. The lowest BCUT2D eigenvalue weighted by Crippen LogP contribution is -2.29. The van der Waals surface area contributed by atoms with Gasteiger partial charge in [-0.15, -0.1) is 0 Å². The normalized spacial score (nSPS) is 15.0. The Morgan fingerprint density at radius 2 is 1.81 bits per heavy atom. The summed E-state index contributed by atoms with van der Waals surface area (Å²) in [6.45, 7) is 6.57. The Bertz CT molecular complexity index is 442. The Hall–Kier alpha value is -1.10. The van der Waals surface area contributed by atoms with Gasteiger partial charge in [-0.3, -0.25) is 0 Å². The number of alkyl halides is 3. The fourth-order valence-corrected chi connectivity index (χ4v) is 2.55. The molecular formula is C16H23F4N. The second-order valence-corrected chi connectivity index (χ2v) is 5.40. The highest BCUT2D eigenvalue weighted by Crippen LogP contribution is 2.36. The number of rotatable bonds is 7. The summed E-state index contributed by atoms with van der Waals surface area (Å²) in [6.07, 6.45) is -2.08. The fraction of sp³-hybridized carbons (Fsp3) is 0.625. The monoisotopic (exact) mass is 305 g/mol. The van der Waals surface area contributed by atoms with Gasteiger partial charge in [-0.25, -0.2) is 4.39 Å². The number of nitrogens with one attached hydrogen (secondary N) is 1. The predicted octanol–water partition coefficient (Wildman–Crippen LogP) is 5.32. The van der Waals surface area contributed by atoms with E-state index in [1.165, 1.54) is 12.1 Å². The van der Waals surface area contributed by atoms with Gasteiger partial charge in [0.2, 0.25) is 0 Å². The van der Waals surface area contributed by atoms with Crippen molar-refractivity contribution >= 4 is 0 Å². The number of hydrogen-bond donors (Lipinski definition) is 1. The molecule has 0 amide bonds. The second-order valence-electron chi connectivity index (χ2n) is 5.40. The van der Waals surface area contributed by atoms with Gasteiger partial charge >= 0.3 is 6.18 Å². The van der Waals surface area contributed by atoms with Gasteiger partial charge in [0.15, 0.2) is 0 Å². The molecule has 0 saturated carbocycles. The molecule has 0 aliphatic carbocycles. The molecule has 0 spiro atoms. The molecule has 0 aromatic heterocycles. The molecule has 0 aliphatic heterocycles. The van der Waals surface area contributed by atoms with Gasteiger partial charge in [-0.05, 0) is 31.4 Å².